The predicted molar refractivity (Wildman–Crippen MR) is 120 cm³/mol. The number of carbonyl (C=O) groups is 2. The molecular formula is C21H15BrN2O6S. The predicted octanol–water partition coefficient (Wildman–Crippen LogP) is 4.61. The Kier molecular flexibility index (Phi) is 6.99. The van der Waals surface area contributed by atoms with Gasteiger partial charge >= 0.3 is 0 Å². The highest BCUT2D eigenvalue weighted by molar-refractivity contribution is 9.10. The van der Waals surface area contributed by atoms with Gasteiger partial charge in [-0.1, -0.05) is 40.0 Å². The van der Waals surface area contributed by atoms with Crippen molar-refractivity contribution in [3.63, 3.8) is 0 Å². The zero-order valence-electron chi connectivity index (χ0n) is 16.2. The first-order valence-electron chi connectivity index (χ1n) is 8.77. The van der Waals surface area contributed by atoms with Crippen molar-refractivity contribution in [1.82, 2.24) is 4.90 Å². The number of rotatable bonds is 7. The summed E-state index contributed by atoms with van der Waals surface area (Å²) in [7, 11) is 1.47. The van der Waals surface area contributed by atoms with Gasteiger partial charge in [-0.05, 0) is 30.0 Å². The standard InChI is InChI=1S/C21H15BrN2O6S/c1-3-8-30-19-14(9-15(22)11-17(19)29-2)10-18-20(25)23(21(26)31-18)12-13-6-4-5-7-16(13)24(27)28/h1,4-7,9-11H,8,12H2,2H3/b18-10+. The maximum absolute atomic E-state index is 12.9. The number of hydrogen-bond acceptors (Lipinski definition) is 7. The van der Waals surface area contributed by atoms with E-state index in [1.54, 1.807) is 18.2 Å². The highest BCUT2D eigenvalue weighted by Crippen LogP contribution is 2.40. The van der Waals surface area contributed by atoms with E-state index in [1.807, 2.05) is 0 Å². The summed E-state index contributed by atoms with van der Waals surface area (Å²) in [6.07, 6.45) is 6.78. The van der Waals surface area contributed by atoms with Crippen LogP contribution in [-0.4, -0.2) is 34.7 Å². The zero-order chi connectivity index (χ0) is 22.5. The minimum atomic E-state index is -0.560. The van der Waals surface area contributed by atoms with E-state index in [9.17, 15) is 19.7 Å². The molecule has 1 fully saturated rings. The van der Waals surface area contributed by atoms with E-state index in [0.717, 1.165) is 16.7 Å². The molecule has 0 atom stereocenters. The van der Waals surface area contributed by atoms with Gasteiger partial charge in [-0.3, -0.25) is 24.6 Å². The van der Waals surface area contributed by atoms with Gasteiger partial charge in [0.05, 0.1) is 23.5 Å². The summed E-state index contributed by atoms with van der Waals surface area (Å²) in [6, 6.07) is 9.35. The number of imide groups is 1. The number of para-hydroxylation sites is 1. The molecule has 0 unspecified atom stereocenters. The molecule has 1 aliphatic rings. The summed E-state index contributed by atoms with van der Waals surface area (Å²) in [5, 5.41) is 10.7. The summed E-state index contributed by atoms with van der Waals surface area (Å²) < 4.78 is 11.6. The molecule has 158 valence electrons. The molecule has 1 aliphatic heterocycles. The van der Waals surface area contributed by atoms with Crippen LogP contribution < -0.4 is 9.47 Å². The minimum absolute atomic E-state index is 0.0159. The Morgan fingerprint density at radius 1 is 1.32 bits per heavy atom. The number of halogens is 1. The number of terminal acetylenes is 1. The van der Waals surface area contributed by atoms with Crippen LogP contribution in [0.2, 0.25) is 0 Å². The van der Waals surface area contributed by atoms with Crippen LogP contribution in [-0.2, 0) is 11.3 Å². The van der Waals surface area contributed by atoms with Gasteiger partial charge in [0.1, 0.15) is 6.61 Å². The molecule has 0 saturated carbocycles. The molecule has 2 aromatic rings. The molecule has 31 heavy (non-hydrogen) atoms. The number of nitrogens with zero attached hydrogens (tertiary/aromatic N) is 2. The van der Waals surface area contributed by atoms with E-state index >= 15 is 0 Å². The average molecular weight is 503 g/mol. The highest BCUT2D eigenvalue weighted by Gasteiger charge is 2.36. The number of thioether (sulfide) groups is 1. The van der Waals surface area contributed by atoms with E-state index < -0.39 is 16.1 Å². The lowest BCUT2D eigenvalue weighted by atomic mass is 10.1. The van der Waals surface area contributed by atoms with Crippen LogP contribution in [0.15, 0.2) is 45.8 Å². The summed E-state index contributed by atoms with van der Waals surface area (Å²) in [5.41, 5.74) is 0.586. The van der Waals surface area contributed by atoms with Gasteiger partial charge in [-0.2, -0.15) is 0 Å². The molecule has 10 heteroatoms. The largest absolute Gasteiger partial charge is 0.493 e. The molecule has 2 aromatic carbocycles. The van der Waals surface area contributed by atoms with Crippen LogP contribution >= 0.6 is 27.7 Å². The van der Waals surface area contributed by atoms with Crippen LogP contribution in [0.4, 0.5) is 10.5 Å². The van der Waals surface area contributed by atoms with Gasteiger partial charge in [0.25, 0.3) is 16.8 Å². The number of nitro groups is 1. The molecule has 3 rings (SSSR count). The lowest BCUT2D eigenvalue weighted by molar-refractivity contribution is -0.385. The van der Waals surface area contributed by atoms with Crippen molar-refractivity contribution in [3.05, 3.63) is 67.0 Å². The summed E-state index contributed by atoms with van der Waals surface area (Å²) >= 11 is 4.11. The fraction of sp³-hybridized carbons (Fsp3) is 0.143. The molecule has 0 spiro atoms. The van der Waals surface area contributed by atoms with Crippen molar-refractivity contribution >= 4 is 50.6 Å². The molecule has 0 aliphatic carbocycles. The number of carbonyl (C=O) groups excluding carboxylic acids is 2. The lowest BCUT2D eigenvalue weighted by Crippen LogP contribution is -2.27. The van der Waals surface area contributed by atoms with Crippen molar-refractivity contribution in [3.8, 4) is 23.8 Å². The fourth-order valence-corrected chi connectivity index (χ4v) is 4.17. The summed E-state index contributed by atoms with van der Waals surface area (Å²) in [6.45, 7) is -0.223. The van der Waals surface area contributed by atoms with Gasteiger partial charge in [-0.25, -0.2) is 0 Å². The maximum atomic E-state index is 12.9. The lowest BCUT2D eigenvalue weighted by Gasteiger charge is -2.13. The van der Waals surface area contributed by atoms with Crippen LogP contribution in [0, 0.1) is 22.5 Å². The van der Waals surface area contributed by atoms with Gasteiger partial charge in [0, 0.05) is 21.7 Å². The Bertz CT molecular complexity index is 1140. The van der Waals surface area contributed by atoms with Gasteiger partial charge in [-0.15, -0.1) is 6.42 Å². The van der Waals surface area contributed by atoms with Crippen molar-refractivity contribution in [2.45, 2.75) is 6.54 Å². The molecular weight excluding hydrogens is 488 g/mol. The summed E-state index contributed by atoms with van der Waals surface area (Å²) in [4.78, 5) is 37.2. The molecule has 1 heterocycles. The van der Waals surface area contributed by atoms with Crippen LogP contribution in [0.1, 0.15) is 11.1 Å². The van der Waals surface area contributed by atoms with Crippen molar-refractivity contribution in [1.29, 1.82) is 0 Å². The maximum Gasteiger partial charge on any atom is 0.293 e. The molecule has 0 N–H and O–H groups in total. The molecule has 2 amide bonds. The normalized spacial score (nSPS) is 14.6. The van der Waals surface area contributed by atoms with Crippen molar-refractivity contribution in [2.24, 2.45) is 0 Å². The van der Waals surface area contributed by atoms with Crippen LogP contribution in [0.5, 0.6) is 11.5 Å². The monoisotopic (exact) mass is 502 g/mol. The quantitative estimate of drug-likeness (QED) is 0.235. The number of ether oxygens (including phenoxy) is 2. The van der Waals surface area contributed by atoms with Crippen molar-refractivity contribution in [2.75, 3.05) is 13.7 Å². The van der Waals surface area contributed by atoms with Crippen LogP contribution in [0.25, 0.3) is 6.08 Å². The first kappa shape index (κ1) is 22.4. The SMILES string of the molecule is C#CCOc1c(/C=C2/SC(=O)N(Cc3ccccc3[N+](=O)[O-])C2=O)cc(Br)cc1OC. The van der Waals surface area contributed by atoms with E-state index in [0.29, 0.717) is 21.5 Å². The Morgan fingerprint density at radius 2 is 2.06 bits per heavy atom. The molecule has 0 aromatic heterocycles. The van der Waals surface area contributed by atoms with Crippen LogP contribution in [0.3, 0.4) is 0 Å². The number of benzene rings is 2. The van der Waals surface area contributed by atoms with E-state index in [-0.39, 0.29) is 29.3 Å². The Balaban J connectivity index is 1.95. The first-order chi connectivity index (χ1) is 14.8. The molecule has 1 saturated heterocycles. The van der Waals surface area contributed by atoms with Gasteiger partial charge in [0.15, 0.2) is 11.5 Å². The second-order valence-corrected chi connectivity index (χ2v) is 8.08. The zero-order valence-corrected chi connectivity index (χ0v) is 18.6. The van der Waals surface area contributed by atoms with Gasteiger partial charge < -0.3 is 9.47 Å². The Hall–Kier alpha value is -3.29. The molecule has 0 bridgehead atoms. The second kappa shape index (κ2) is 9.68. The third-order valence-electron chi connectivity index (χ3n) is 4.25. The number of methoxy groups -OCH3 is 1. The molecule has 8 nitrogen and oxygen atoms in total. The summed E-state index contributed by atoms with van der Waals surface area (Å²) in [5.74, 6) is 2.53. The third kappa shape index (κ3) is 4.90. The minimum Gasteiger partial charge on any atom is -0.493 e. The smallest absolute Gasteiger partial charge is 0.293 e. The topological polar surface area (TPSA) is 99.0 Å². The van der Waals surface area contributed by atoms with E-state index in [2.05, 4.69) is 21.9 Å². The number of amides is 2. The Labute approximate surface area is 190 Å². The fourth-order valence-electron chi connectivity index (χ4n) is 2.89. The second-order valence-electron chi connectivity index (χ2n) is 6.17. The average Bonchev–Trinajstić information content (AvgIpc) is 3.00. The van der Waals surface area contributed by atoms with E-state index in [1.165, 1.54) is 31.4 Å². The highest BCUT2D eigenvalue weighted by atomic mass is 79.9. The molecule has 0 radical (unpaired) electrons. The van der Waals surface area contributed by atoms with Gasteiger partial charge in [0.2, 0.25) is 0 Å². The number of hydrogen-bond donors (Lipinski definition) is 0. The van der Waals surface area contributed by atoms with Crippen molar-refractivity contribution < 1.29 is 24.0 Å². The van der Waals surface area contributed by atoms with E-state index in [4.69, 9.17) is 15.9 Å². The Morgan fingerprint density at radius 3 is 2.74 bits per heavy atom. The first-order valence-corrected chi connectivity index (χ1v) is 10.4. The number of nitro benzene ring substituents is 1. The third-order valence-corrected chi connectivity index (χ3v) is 5.61.